The van der Waals surface area contributed by atoms with Gasteiger partial charge in [-0.3, -0.25) is 4.79 Å². The molecule has 0 aliphatic heterocycles. The summed E-state index contributed by atoms with van der Waals surface area (Å²) in [4.78, 5) is 19.8. The summed E-state index contributed by atoms with van der Waals surface area (Å²) in [7, 11) is 1.87. The zero-order valence-corrected chi connectivity index (χ0v) is 14.3. The number of fused-ring (bicyclic) bond motifs is 3. The Labute approximate surface area is 147 Å². The number of thiazole rings is 1. The van der Waals surface area contributed by atoms with Crippen LogP contribution < -0.4 is 15.0 Å². The Kier molecular flexibility index (Phi) is 3.71. The molecule has 0 unspecified atom stereocenters. The molecule has 0 aliphatic carbocycles. The summed E-state index contributed by atoms with van der Waals surface area (Å²) in [5, 5.41) is 8.76. The zero-order chi connectivity index (χ0) is 17.4. The Morgan fingerprint density at radius 1 is 1.24 bits per heavy atom. The number of benzene rings is 2. The van der Waals surface area contributed by atoms with Gasteiger partial charge in [0.1, 0.15) is 6.54 Å². The second-order valence-electron chi connectivity index (χ2n) is 5.74. The van der Waals surface area contributed by atoms with E-state index in [1.54, 1.807) is 4.40 Å². The van der Waals surface area contributed by atoms with Gasteiger partial charge < -0.3 is 4.90 Å². The van der Waals surface area contributed by atoms with Gasteiger partial charge in [0, 0.05) is 12.7 Å². The quantitative estimate of drug-likeness (QED) is 0.535. The summed E-state index contributed by atoms with van der Waals surface area (Å²) < 4.78 is 2.33. The van der Waals surface area contributed by atoms with Crippen LogP contribution >= 0.6 is 11.3 Å². The number of rotatable bonds is 3. The lowest BCUT2D eigenvalue weighted by atomic mass is 10.2. The molecule has 5 nitrogen and oxygen atoms in total. The molecule has 0 saturated carbocycles. The van der Waals surface area contributed by atoms with Gasteiger partial charge >= 0.3 is 0 Å². The first kappa shape index (κ1) is 15.4. The predicted molar refractivity (Wildman–Crippen MR) is 101 cm³/mol. The third-order valence-electron chi connectivity index (χ3n) is 4.08. The highest BCUT2D eigenvalue weighted by molar-refractivity contribution is 7.15. The third kappa shape index (κ3) is 2.65. The van der Waals surface area contributed by atoms with E-state index in [1.165, 1.54) is 11.3 Å². The standard InChI is InChI=1S/C19H14N4OS/c1-22(11-10-20)14-8-6-13(7-9-14)12-17-18(24)23-16-5-3-2-4-15(16)21-19(23)25-17/h2-9,12H,11H2,1H3/b17-12-. The molecule has 2 aromatic heterocycles. The number of para-hydroxylation sites is 2. The van der Waals surface area contributed by atoms with Gasteiger partial charge in [0.15, 0.2) is 4.96 Å². The number of nitrogens with zero attached hydrogens (tertiary/aromatic N) is 4. The maximum atomic E-state index is 12.7. The second kappa shape index (κ2) is 6.04. The number of hydrogen-bond donors (Lipinski definition) is 0. The molecule has 0 amide bonds. The van der Waals surface area contributed by atoms with E-state index in [9.17, 15) is 4.79 Å². The van der Waals surface area contributed by atoms with E-state index < -0.39 is 0 Å². The topological polar surface area (TPSA) is 61.4 Å². The fourth-order valence-electron chi connectivity index (χ4n) is 2.79. The van der Waals surface area contributed by atoms with Crippen molar-refractivity contribution in [1.82, 2.24) is 9.38 Å². The van der Waals surface area contributed by atoms with Crippen LogP contribution in [0.15, 0.2) is 53.3 Å². The molecule has 0 N–H and O–H groups in total. The lowest BCUT2D eigenvalue weighted by molar-refractivity contribution is 1.04. The van der Waals surface area contributed by atoms with E-state index in [4.69, 9.17) is 5.26 Å². The SMILES string of the molecule is CN(CC#N)c1ccc(/C=c2\sc3nc4ccccc4n3c2=O)cc1. The molecule has 2 heterocycles. The molecule has 6 heteroatoms. The molecule has 4 rings (SSSR count). The highest BCUT2D eigenvalue weighted by Crippen LogP contribution is 2.16. The Hall–Kier alpha value is -3.17. The summed E-state index contributed by atoms with van der Waals surface area (Å²) in [5.74, 6) is 0. The molecule has 2 aromatic carbocycles. The van der Waals surface area contributed by atoms with Crippen LogP contribution in [-0.2, 0) is 0 Å². The lowest BCUT2D eigenvalue weighted by Crippen LogP contribution is -2.22. The van der Waals surface area contributed by atoms with Crippen molar-refractivity contribution >= 4 is 39.1 Å². The Morgan fingerprint density at radius 2 is 2.00 bits per heavy atom. The average Bonchev–Trinajstić information content (AvgIpc) is 3.12. The van der Waals surface area contributed by atoms with Crippen LogP contribution in [0.3, 0.4) is 0 Å². The summed E-state index contributed by atoms with van der Waals surface area (Å²) in [6.07, 6.45) is 1.88. The molecule has 0 atom stereocenters. The Morgan fingerprint density at radius 3 is 2.76 bits per heavy atom. The lowest BCUT2D eigenvalue weighted by Gasteiger charge is -2.14. The number of imidazole rings is 1. The number of anilines is 1. The number of nitriles is 1. The summed E-state index contributed by atoms with van der Waals surface area (Å²) in [6.45, 7) is 0.336. The maximum absolute atomic E-state index is 12.7. The highest BCUT2D eigenvalue weighted by atomic mass is 32.1. The van der Waals surface area contributed by atoms with E-state index in [-0.39, 0.29) is 5.56 Å². The second-order valence-corrected chi connectivity index (χ2v) is 6.75. The van der Waals surface area contributed by atoms with E-state index >= 15 is 0 Å². The summed E-state index contributed by atoms with van der Waals surface area (Å²) in [6, 6.07) is 17.6. The van der Waals surface area contributed by atoms with Crippen LogP contribution in [-0.4, -0.2) is 23.0 Å². The maximum Gasteiger partial charge on any atom is 0.274 e. The molecule has 0 spiro atoms. The van der Waals surface area contributed by atoms with E-state index in [1.807, 2.05) is 66.6 Å². The molecule has 122 valence electrons. The summed E-state index contributed by atoms with van der Waals surface area (Å²) in [5.41, 5.74) is 3.54. The first-order valence-electron chi connectivity index (χ1n) is 7.77. The minimum atomic E-state index is -0.0422. The van der Waals surface area contributed by atoms with Crippen molar-refractivity contribution in [2.45, 2.75) is 0 Å². The monoisotopic (exact) mass is 346 g/mol. The van der Waals surface area contributed by atoms with Crippen LogP contribution in [0.1, 0.15) is 5.56 Å². The van der Waals surface area contributed by atoms with Crippen molar-refractivity contribution in [2.75, 3.05) is 18.5 Å². The van der Waals surface area contributed by atoms with Crippen molar-refractivity contribution in [3.8, 4) is 6.07 Å². The molecule has 0 saturated heterocycles. The van der Waals surface area contributed by atoms with Gasteiger partial charge in [0.25, 0.3) is 5.56 Å². The van der Waals surface area contributed by atoms with E-state index in [0.717, 1.165) is 22.3 Å². The largest absolute Gasteiger partial charge is 0.361 e. The Balaban J connectivity index is 1.78. The first-order chi connectivity index (χ1) is 12.2. The van der Waals surface area contributed by atoms with Gasteiger partial charge in [-0.15, -0.1) is 0 Å². The van der Waals surface area contributed by atoms with Crippen LogP contribution in [0.4, 0.5) is 5.69 Å². The third-order valence-corrected chi connectivity index (χ3v) is 5.05. The molecule has 25 heavy (non-hydrogen) atoms. The summed E-state index contributed by atoms with van der Waals surface area (Å²) >= 11 is 1.39. The molecule has 0 fully saturated rings. The van der Waals surface area contributed by atoms with Crippen LogP contribution in [0.25, 0.3) is 22.1 Å². The smallest absolute Gasteiger partial charge is 0.274 e. The fourth-order valence-corrected chi connectivity index (χ4v) is 3.77. The van der Waals surface area contributed by atoms with Crippen molar-refractivity contribution in [2.24, 2.45) is 0 Å². The van der Waals surface area contributed by atoms with Crippen LogP contribution in [0.2, 0.25) is 0 Å². The van der Waals surface area contributed by atoms with Crippen molar-refractivity contribution in [3.63, 3.8) is 0 Å². The molecule has 4 aromatic rings. The minimum absolute atomic E-state index is 0.0422. The molecule has 0 aliphatic rings. The van der Waals surface area contributed by atoms with Gasteiger partial charge in [0.2, 0.25) is 0 Å². The van der Waals surface area contributed by atoms with Crippen LogP contribution in [0.5, 0.6) is 0 Å². The highest BCUT2D eigenvalue weighted by Gasteiger charge is 2.10. The van der Waals surface area contributed by atoms with E-state index in [0.29, 0.717) is 16.0 Å². The Bertz CT molecular complexity index is 1210. The molecule has 0 radical (unpaired) electrons. The van der Waals surface area contributed by atoms with Crippen molar-refractivity contribution in [1.29, 1.82) is 5.26 Å². The van der Waals surface area contributed by atoms with Gasteiger partial charge in [-0.1, -0.05) is 35.6 Å². The number of hydrogen-bond acceptors (Lipinski definition) is 5. The van der Waals surface area contributed by atoms with Gasteiger partial charge in [-0.05, 0) is 35.9 Å². The fraction of sp³-hybridized carbons (Fsp3) is 0.105. The van der Waals surface area contributed by atoms with Crippen molar-refractivity contribution in [3.05, 3.63) is 69.0 Å². The van der Waals surface area contributed by atoms with Gasteiger partial charge in [-0.2, -0.15) is 5.26 Å². The van der Waals surface area contributed by atoms with Gasteiger partial charge in [-0.25, -0.2) is 9.38 Å². The predicted octanol–water partition coefficient (Wildman–Crippen LogP) is 2.42. The molecular formula is C19H14N4OS. The minimum Gasteiger partial charge on any atom is -0.361 e. The zero-order valence-electron chi connectivity index (χ0n) is 13.5. The van der Waals surface area contributed by atoms with Crippen LogP contribution in [0, 0.1) is 11.3 Å². The molecule has 0 bridgehead atoms. The average molecular weight is 346 g/mol. The van der Waals surface area contributed by atoms with Gasteiger partial charge in [0.05, 0.1) is 21.6 Å². The number of aromatic nitrogens is 2. The molecular weight excluding hydrogens is 332 g/mol. The normalized spacial score (nSPS) is 11.9. The van der Waals surface area contributed by atoms with Crippen molar-refractivity contribution < 1.29 is 0 Å². The van der Waals surface area contributed by atoms with E-state index in [2.05, 4.69) is 11.1 Å². The first-order valence-corrected chi connectivity index (χ1v) is 8.59.